The van der Waals surface area contributed by atoms with Gasteiger partial charge < -0.3 is 10.6 Å². The van der Waals surface area contributed by atoms with Crippen LogP contribution in [0.1, 0.15) is 68.9 Å². The zero-order valence-corrected chi connectivity index (χ0v) is 20.5. The average molecular weight is 466 g/mol. The third-order valence-electron chi connectivity index (χ3n) is 6.93. The number of hydrogen-bond acceptors (Lipinski definition) is 5. The molecule has 1 fully saturated rings. The molecule has 1 amide bonds. The maximum Gasteiger partial charge on any atom is 0.245 e. The maximum absolute atomic E-state index is 13.6. The molecule has 3 N–H and O–H groups in total. The maximum atomic E-state index is 13.6. The van der Waals surface area contributed by atoms with Crippen molar-refractivity contribution in [1.82, 2.24) is 9.88 Å². The largest absolute Gasteiger partial charge is 0.382 e. The molecule has 176 valence electrons. The van der Waals surface area contributed by atoms with Gasteiger partial charge in [-0.15, -0.1) is 11.8 Å². The minimum absolute atomic E-state index is 0.0836. The Kier molecular flexibility index (Phi) is 7.71. The number of unbranched alkanes of at least 4 members (excludes halogenated alkanes) is 2. The van der Waals surface area contributed by atoms with Crippen LogP contribution in [0.5, 0.6) is 0 Å². The van der Waals surface area contributed by atoms with Gasteiger partial charge in [-0.25, -0.2) is 0 Å². The van der Waals surface area contributed by atoms with Crippen LogP contribution in [0.25, 0.3) is 0 Å². The van der Waals surface area contributed by atoms with Crippen LogP contribution in [0.15, 0.2) is 47.5 Å². The number of carbonyl (C=O) groups excluding carboxylic acids is 1. The van der Waals surface area contributed by atoms with Gasteiger partial charge >= 0.3 is 0 Å². The monoisotopic (exact) mass is 465 g/mol. The molecule has 3 heterocycles. The van der Waals surface area contributed by atoms with E-state index >= 15 is 0 Å². The van der Waals surface area contributed by atoms with Crippen molar-refractivity contribution in [1.29, 1.82) is 5.41 Å². The van der Waals surface area contributed by atoms with E-state index in [1.54, 1.807) is 24.0 Å². The average Bonchev–Trinajstić information content (AvgIpc) is 2.81. The zero-order valence-electron chi connectivity index (χ0n) is 19.7. The lowest BCUT2D eigenvalue weighted by Crippen LogP contribution is -2.44. The highest BCUT2D eigenvalue weighted by molar-refractivity contribution is 8.00. The van der Waals surface area contributed by atoms with Crippen LogP contribution in [0.2, 0.25) is 0 Å². The fourth-order valence-electron chi connectivity index (χ4n) is 5.07. The Morgan fingerprint density at radius 2 is 1.85 bits per heavy atom. The van der Waals surface area contributed by atoms with E-state index in [0.29, 0.717) is 17.8 Å². The summed E-state index contributed by atoms with van der Waals surface area (Å²) in [5, 5.41) is 7.34. The van der Waals surface area contributed by atoms with Gasteiger partial charge in [0.15, 0.2) is 0 Å². The van der Waals surface area contributed by atoms with Crippen molar-refractivity contribution in [2.75, 3.05) is 18.0 Å². The molecule has 2 aliphatic rings. The van der Waals surface area contributed by atoms with E-state index < -0.39 is 0 Å². The van der Waals surface area contributed by atoms with Crippen molar-refractivity contribution >= 4 is 29.2 Å². The standard InChI is InChI=1S/C26H35N5OS/c1-18-9-8-10-19(2)30(18)15-6-3-7-16-31-22-11-4-5-12-23(22)33-24(26(31)32)20-13-14-29-21(17-20)25(27)28/h4-5,11-14,17-19,24H,3,6-10,15-16H2,1-2H3,(H3,27,28)/t18-,19+,24?. The molecule has 33 heavy (non-hydrogen) atoms. The van der Waals surface area contributed by atoms with E-state index in [1.165, 1.54) is 25.7 Å². The second-order valence-electron chi connectivity index (χ2n) is 9.27. The summed E-state index contributed by atoms with van der Waals surface area (Å²) in [5.74, 6) is 0.0115. The second-order valence-corrected chi connectivity index (χ2v) is 10.4. The summed E-state index contributed by atoms with van der Waals surface area (Å²) in [6.45, 7) is 6.58. The number of nitrogens with zero attached hydrogens (tertiary/aromatic N) is 3. The van der Waals surface area contributed by atoms with E-state index in [2.05, 4.69) is 29.8 Å². The molecule has 1 aromatic heterocycles. The first-order valence-corrected chi connectivity index (χ1v) is 13.0. The summed E-state index contributed by atoms with van der Waals surface area (Å²) in [5.41, 5.74) is 7.89. The number of para-hydroxylation sites is 1. The molecule has 6 nitrogen and oxygen atoms in total. The van der Waals surface area contributed by atoms with Gasteiger partial charge in [0.25, 0.3) is 0 Å². The number of thioether (sulfide) groups is 1. The first-order valence-electron chi connectivity index (χ1n) is 12.1. The number of likely N-dealkylation sites (tertiary alicyclic amines) is 1. The number of carbonyl (C=O) groups is 1. The Morgan fingerprint density at radius 3 is 2.61 bits per heavy atom. The van der Waals surface area contributed by atoms with Crippen LogP contribution in [-0.4, -0.2) is 46.8 Å². The Bertz CT molecular complexity index is 986. The summed E-state index contributed by atoms with van der Waals surface area (Å²) < 4.78 is 0. The molecule has 1 unspecified atom stereocenters. The molecule has 0 bridgehead atoms. The predicted molar refractivity (Wildman–Crippen MR) is 136 cm³/mol. The third kappa shape index (κ3) is 5.41. The SMILES string of the molecule is C[C@@H]1CCC[C@H](C)N1CCCCCN1C(=O)C(c2ccnc(C(=N)N)c2)Sc2ccccc21. The van der Waals surface area contributed by atoms with E-state index in [0.717, 1.165) is 42.1 Å². The van der Waals surface area contributed by atoms with Crippen molar-refractivity contribution < 1.29 is 4.79 Å². The van der Waals surface area contributed by atoms with Gasteiger partial charge in [0, 0.05) is 29.7 Å². The molecule has 2 aromatic rings. The van der Waals surface area contributed by atoms with Crippen molar-refractivity contribution in [2.45, 2.75) is 74.6 Å². The number of amides is 1. The molecule has 1 aromatic carbocycles. The number of nitrogen functional groups attached to an aromatic ring is 1. The van der Waals surface area contributed by atoms with Gasteiger partial charge in [-0.05, 0) is 75.9 Å². The molecule has 1 saturated heterocycles. The van der Waals surface area contributed by atoms with Crippen LogP contribution >= 0.6 is 11.8 Å². The number of rotatable bonds is 8. The minimum Gasteiger partial charge on any atom is -0.382 e. The number of benzene rings is 1. The Balaban J connectivity index is 1.42. The number of nitrogens with one attached hydrogen (secondary N) is 1. The summed E-state index contributed by atoms with van der Waals surface area (Å²) in [6, 6.07) is 13.1. The highest BCUT2D eigenvalue weighted by atomic mass is 32.2. The Morgan fingerprint density at radius 1 is 1.12 bits per heavy atom. The first kappa shape index (κ1) is 23.8. The van der Waals surface area contributed by atoms with Crippen LogP contribution in [0, 0.1) is 5.41 Å². The molecule has 0 aliphatic carbocycles. The number of aromatic nitrogens is 1. The highest BCUT2D eigenvalue weighted by Crippen LogP contribution is 2.46. The molecule has 0 saturated carbocycles. The third-order valence-corrected chi connectivity index (χ3v) is 8.24. The van der Waals surface area contributed by atoms with Gasteiger partial charge in [-0.3, -0.25) is 20.1 Å². The number of amidine groups is 1. The summed E-state index contributed by atoms with van der Waals surface area (Å²) in [4.78, 5) is 23.4. The summed E-state index contributed by atoms with van der Waals surface area (Å²) in [6.07, 6.45) is 8.87. The van der Waals surface area contributed by atoms with E-state index in [9.17, 15) is 4.79 Å². The zero-order chi connectivity index (χ0) is 23.4. The lowest BCUT2D eigenvalue weighted by Gasteiger charge is -2.39. The van der Waals surface area contributed by atoms with Crippen molar-refractivity contribution in [3.8, 4) is 0 Å². The Hall–Kier alpha value is -2.38. The van der Waals surface area contributed by atoms with Gasteiger partial charge in [-0.2, -0.15) is 0 Å². The minimum atomic E-state index is -0.351. The molecule has 4 rings (SSSR count). The first-order chi connectivity index (χ1) is 16.0. The van der Waals surface area contributed by atoms with Gasteiger partial charge in [0.1, 0.15) is 16.8 Å². The molecule has 3 atom stereocenters. The van der Waals surface area contributed by atoms with Gasteiger partial charge in [0.05, 0.1) is 5.69 Å². The normalized spacial score (nSPS) is 23.4. The van der Waals surface area contributed by atoms with E-state index in [-0.39, 0.29) is 17.0 Å². The molecule has 7 heteroatoms. The van der Waals surface area contributed by atoms with Gasteiger partial charge in [0.2, 0.25) is 5.91 Å². The molecule has 0 spiro atoms. The lowest BCUT2D eigenvalue weighted by molar-refractivity contribution is -0.118. The molecule has 0 radical (unpaired) electrons. The predicted octanol–water partition coefficient (Wildman–Crippen LogP) is 4.98. The van der Waals surface area contributed by atoms with Crippen LogP contribution in [0.3, 0.4) is 0 Å². The number of hydrogen-bond donors (Lipinski definition) is 2. The molecule has 2 aliphatic heterocycles. The fraction of sp³-hybridized carbons (Fsp3) is 0.500. The van der Waals surface area contributed by atoms with Gasteiger partial charge in [-0.1, -0.05) is 25.0 Å². The van der Waals surface area contributed by atoms with E-state index in [1.807, 2.05) is 29.2 Å². The van der Waals surface area contributed by atoms with Crippen molar-refractivity contribution in [3.63, 3.8) is 0 Å². The second kappa shape index (κ2) is 10.7. The Labute approximate surface area is 201 Å². The molecular weight excluding hydrogens is 430 g/mol. The summed E-state index contributed by atoms with van der Waals surface area (Å²) in [7, 11) is 0. The van der Waals surface area contributed by atoms with Crippen LogP contribution in [0.4, 0.5) is 5.69 Å². The topological polar surface area (TPSA) is 86.3 Å². The quantitative estimate of drug-likeness (QED) is 0.326. The smallest absolute Gasteiger partial charge is 0.245 e. The lowest BCUT2D eigenvalue weighted by atomic mass is 9.97. The number of fused-ring (bicyclic) bond motifs is 1. The number of pyridine rings is 1. The highest BCUT2D eigenvalue weighted by Gasteiger charge is 2.34. The molecular formula is C26H35N5OS. The van der Waals surface area contributed by atoms with Crippen molar-refractivity contribution in [2.24, 2.45) is 5.73 Å². The number of anilines is 1. The fourth-order valence-corrected chi connectivity index (χ4v) is 6.29. The summed E-state index contributed by atoms with van der Waals surface area (Å²) >= 11 is 1.57. The number of piperidine rings is 1. The van der Waals surface area contributed by atoms with Crippen molar-refractivity contribution in [3.05, 3.63) is 53.9 Å². The number of nitrogens with two attached hydrogens (primary N) is 1. The van der Waals surface area contributed by atoms with Crippen LogP contribution in [-0.2, 0) is 4.79 Å². The van der Waals surface area contributed by atoms with Crippen LogP contribution < -0.4 is 10.6 Å². The van der Waals surface area contributed by atoms with E-state index in [4.69, 9.17) is 11.1 Å².